The third-order valence-electron chi connectivity index (χ3n) is 5.34. The number of nitrogens with zero attached hydrogens (tertiary/aromatic N) is 4. The second-order valence-electron chi connectivity index (χ2n) is 7.13. The van der Waals surface area contributed by atoms with E-state index in [1.54, 1.807) is 0 Å². The van der Waals surface area contributed by atoms with E-state index in [-0.39, 0.29) is 30.8 Å². The predicted octanol–water partition coefficient (Wildman–Crippen LogP) is 2.77. The molecule has 2 aromatic rings. The highest BCUT2D eigenvalue weighted by atomic mass is 127. The van der Waals surface area contributed by atoms with Crippen molar-refractivity contribution in [2.24, 2.45) is 10.9 Å². The van der Waals surface area contributed by atoms with Crippen LogP contribution in [0.1, 0.15) is 19.4 Å². The molecule has 2 unspecified atom stereocenters. The number of aromatic nitrogens is 2. The average Bonchev–Trinajstić information content (AvgIpc) is 3.40. The summed E-state index contributed by atoms with van der Waals surface area (Å²) in [5.74, 6) is 3.78. The zero-order valence-corrected chi connectivity index (χ0v) is 19.1. The number of hydrogen-bond acceptors (Lipinski definition) is 5. The van der Waals surface area contributed by atoms with Gasteiger partial charge in [-0.05, 0) is 24.5 Å². The Morgan fingerprint density at radius 3 is 3.00 bits per heavy atom. The lowest BCUT2D eigenvalue weighted by atomic mass is 9.93. The molecule has 2 aliphatic rings. The summed E-state index contributed by atoms with van der Waals surface area (Å²) in [6.45, 7) is 5.69. The summed E-state index contributed by atoms with van der Waals surface area (Å²) in [6.07, 6.45) is 6.91. The average molecular weight is 513 g/mol. The van der Waals surface area contributed by atoms with Gasteiger partial charge in [0.05, 0.1) is 18.9 Å². The first-order valence-corrected chi connectivity index (χ1v) is 9.70. The maximum atomic E-state index is 5.83. The number of benzene rings is 1. The van der Waals surface area contributed by atoms with Crippen molar-refractivity contribution in [2.75, 3.05) is 40.1 Å². The van der Waals surface area contributed by atoms with Gasteiger partial charge in [0, 0.05) is 38.6 Å². The number of guanidine groups is 1. The van der Waals surface area contributed by atoms with E-state index in [0.29, 0.717) is 25.1 Å². The second kappa shape index (κ2) is 10.0. The largest absolute Gasteiger partial charge is 0.492 e. The fourth-order valence-corrected chi connectivity index (χ4v) is 3.73. The Kier molecular flexibility index (Phi) is 7.45. The quantitative estimate of drug-likeness (QED) is 0.287. The van der Waals surface area contributed by atoms with Crippen molar-refractivity contribution in [3.8, 4) is 17.2 Å². The first-order chi connectivity index (χ1) is 13.7. The van der Waals surface area contributed by atoms with Gasteiger partial charge < -0.3 is 29.0 Å². The Bertz CT molecular complexity index is 814. The first-order valence-electron chi connectivity index (χ1n) is 9.70. The molecule has 2 aliphatic heterocycles. The van der Waals surface area contributed by atoms with E-state index in [4.69, 9.17) is 14.2 Å². The van der Waals surface area contributed by atoms with E-state index in [1.807, 2.05) is 44.0 Å². The molecule has 1 saturated heterocycles. The van der Waals surface area contributed by atoms with Crippen LogP contribution in [0.3, 0.4) is 0 Å². The number of piperidine rings is 1. The SMILES string of the molecule is CN=C(NCCOc1ccc2c(c1)OCO2)N1CCC(C)C(n2ccnc2)C1.I. The van der Waals surface area contributed by atoms with Gasteiger partial charge in [0.15, 0.2) is 17.5 Å². The fraction of sp³-hybridized carbons (Fsp3) is 0.500. The maximum Gasteiger partial charge on any atom is 0.231 e. The van der Waals surface area contributed by atoms with Crippen LogP contribution in [0.25, 0.3) is 0 Å². The molecule has 158 valence electrons. The molecule has 0 amide bonds. The number of fused-ring (bicyclic) bond motifs is 1. The van der Waals surface area contributed by atoms with Gasteiger partial charge in [-0.3, -0.25) is 4.99 Å². The number of ether oxygens (including phenoxy) is 3. The van der Waals surface area contributed by atoms with Crippen LogP contribution in [0.5, 0.6) is 17.2 Å². The topological polar surface area (TPSA) is 73.1 Å². The minimum atomic E-state index is 0. The molecule has 8 nitrogen and oxygen atoms in total. The molecule has 0 radical (unpaired) electrons. The van der Waals surface area contributed by atoms with Crippen molar-refractivity contribution in [1.82, 2.24) is 19.8 Å². The molecule has 0 saturated carbocycles. The van der Waals surface area contributed by atoms with Crippen LogP contribution in [0.4, 0.5) is 0 Å². The smallest absolute Gasteiger partial charge is 0.231 e. The highest BCUT2D eigenvalue weighted by Gasteiger charge is 2.28. The molecule has 1 aromatic heterocycles. The van der Waals surface area contributed by atoms with Crippen LogP contribution in [0.2, 0.25) is 0 Å². The van der Waals surface area contributed by atoms with E-state index >= 15 is 0 Å². The van der Waals surface area contributed by atoms with Crippen LogP contribution in [-0.4, -0.2) is 60.5 Å². The molecule has 0 aliphatic carbocycles. The molecule has 2 atom stereocenters. The Hall–Kier alpha value is -2.17. The highest BCUT2D eigenvalue weighted by molar-refractivity contribution is 14.0. The van der Waals surface area contributed by atoms with Gasteiger partial charge in [0.25, 0.3) is 0 Å². The molecule has 3 heterocycles. The number of likely N-dealkylation sites (tertiary alicyclic amines) is 1. The summed E-state index contributed by atoms with van der Waals surface area (Å²) in [7, 11) is 1.82. The summed E-state index contributed by atoms with van der Waals surface area (Å²) in [5.41, 5.74) is 0. The molecular formula is C20H28IN5O3. The molecular weight excluding hydrogens is 485 g/mol. The van der Waals surface area contributed by atoms with Crippen molar-refractivity contribution in [3.63, 3.8) is 0 Å². The zero-order chi connectivity index (χ0) is 19.3. The number of aliphatic imine (C=N–C) groups is 1. The third kappa shape index (κ3) is 5.06. The zero-order valence-electron chi connectivity index (χ0n) is 16.8. The minimum Gasteiger partial charge on any atom is -0.492 e. The third-order valence-corrected chi connectivity index (χ3v) is 5.34. The van der Waals surface area contributed by atoms with Crippen molar-refractivity contribution < 1.29 is 14.2 Å². The first kappa shape index (κ1) is 21.5. The number of imidazole rings is 1. The molecule has 1 fully saturated rings. The molecule has 1 aromatic carbocycles. The molecule has 1 N–H and O–H groups in total. The van der Waals surface area contributed by atoms with Crippen LogP contribution in [-0.2, 0) is 0 Å². The Morgan fingerprint density at radius 2 is 2.21 bits per heavy atom. The number of rotatable bonds is 5. The van der Waals surface area contributed by atoms with Gasteiger partial charge in [-0.25, -0.2) is 4.98 Å². The van der Waals surface area contributed by atoms with Gasteiger partial charge in [0.2, 0.25) is 6.79 Å². The Balaban J connectivity index is 0.00000240. The summed E-state index contributed by atoms with van der Waals surface area (Å²) < 4.78 is 18.7. The van der Waals surface area contributed by atoms with Crippen LogP contribution < -0.4 is 19.5 Å². The van der Waals surface area contributed by atoms with Gasteiger partial charge in [0.1, 0.15) is 12.4 Å². The van der Waals surface area contributed by atoms with E-state index < -0.39 is 0 Å². The fourth-order valence-electron chi connectivity index (χ4n) is 3.73. The standard InChI is InChI=1S/C20H27N5O3.HI/c1-15-5-8-24(12-17(15)25-9-6-22-13-25)20(21-2)23-7-10-26-16-3-4-18-19(11-16)28-14-27-18;/h3-4,6,9,11,13,15,17H,5,7-8,10,12,14H2,1-2H3,(H,21,23);1H. The summed E-state index contributed by atoms with van der Waals surface area (Å²) in [4.78, 5) is 11.0. The van der Waals surface area contributed by atoms with Crippen molar-refractivity contribution in [3.05, 3.63) is 36.9 Å². The van der Waals surface area contributed by atoms with Crippen LogP contribution in [0.15, 0.2) is 41.9 Å². The Morgan fingerprint density at radius 1 is 1.34 bits per heavy atom. The summed E-state index contributed by atoms with van der Waals surface area (Å²) in [5, 5.41) is 3.41. The van der Waals surface area contributed by atoms with Crippen molar-refractivity contribution in [1.29, 1.82) is 0 Å². The van der Waals surface area contributed by atoms with Gasteiger partial charge in [-0.2, -0.15) is 0 Å². The van der Waals surface area contributed by atoms with E-state index in [9.17, 15) is 0 Å². The predicted molar refractivity (Wildman–Crippen MR) is 121 cm³/mol. The molecule has 4 rings (SSSR count). The van der Waals surface area contributed by atoms with E-state index in [2.05, 4.69) is 31.7 Å². The van der Waals surface area contributed by atoms with Crippen molar-refractivity contribution >= 4 is 29.9 Å². The number of halogens is 1. The normalized spacial score (nSPS) is 20.9. The maximum absolute atomic E-state index is 5.83. The van der Waals surface area contributed by atoms with Crippen LogP contribution >= 0.6 is 24.0 Å². The van der Waals surface area contributed by atoms with Crippen molar-refractivity contribution in [2.45, 2.75) is 19.4 Å². The number of hydrogen-bond donors (Lipinski definition) is 1. The van der Waals surface area contributed by atoms with Gasteiger partial charge >= 0.3 is 0 Å². The minimum absolute atomic E-state index is 0. The highest BCUT2D eigenvalue weighted by Crippen LogP contribution is 2.35. The molecule has 0 bridgehead atoms. The molecule has 29 heavy (non-hydrogen) atoms. The lowest BCUT2D eigenvalue weighted by Gasteiger charge is -2.39. The van der Waals surface area contributed by atoms with Gasteiger partial charge in [-0.15, -0.1) is 24.0 Å². The van der Waals surface area contributed by atoms with E-state index in [0.717, 1.165) is 42.7 Å². The van der Waals surface area contributed by atoms with Crippen LogP contribution in [0, 0.1) is 5.92 Å². The lowest BCUT2D eigenvalue weighted by Crippen LogP contribution is -2.49. The molecule has 0 spiro atoms. The summed E-state index contributed by atoms with van der Waals surface area (Å²) >= 11 is 0. The lowest BCUT2D eigenvalue weighted by molar-refractivity contribution is 0.173. The molecule has 9 heteroatoms. The number of nitrogens with one attached hydrogen (secondary N) is 1. The van der Waals surface area contributed by atoms with E-state index in [1.165, 1.54) is 0 Å². The summed E-state index contributed by atoms with van der Waals surface area (Å²) in [6, 6.07) is 6.03. The monoisotopic (exact) mass is 513 g/mol. The Labute approximate surface area is 188 Å². The van der Waals surface area contributed by atoms with Gasteiger partial charge in [-0.1, -0.05) is 6.92 Å². The second-order valence-corrected chi connectivity index (χ2v) is 7.13.